The Hall–Kier alpha value is 0.1000. The van der Waals surface area contributed by atoms with Crippen molar-refractivity contribution < 1.29 is 5.11 Å². The average Bonchev–Trinajstić information content (AvgIpc) is 2.58. The highest BCUT2D eigenvalue weighted by molar-refractivity contribution is 9.13. The maximum absolute atomic E-state index is 10.4. The lowest BCUT2D eigenvalue weighted by Gasteiger charge is -2.23. The molecule has 1 aliphatic rings. The van der Waals surface area contributed by atoms with Gasteiger partial charge in [-0.1, -0.05) is 12.1 Å². The van der Waals surface area contributed by atoms with Crippen LogP contribution in [0.3, 0.4) is 0 Å². The van der Waals surface area contributed by atoms with Crippen LogP contribution in [0.1, 0.15) is 12.0 Å². The summed E-state index contributed by atoms with van der Waals surface area (Å²) in [5, 5.41) is 13.5. The molecule has 2 rings (SSSR count). The van der Waals surface area contributed by atoms with Crippen molar-refractivity contribution in [2.75, 3.05) is 13.1 Å². The van der Waals surface area contributed by atoms with E-state index in [-0.39, 0.29) is 0 Å². The molecule has 4 heteroatoms. The molecular formula is C10H11Br2NO. The highest BCUT2D eigenvalue weighted by atomic mass is 79.9. The van der Waals surface area contributed by atoms with Crippen molar-refractivity contribution in [1.29, 1.82) is 0 Å². The minimum absolute atomic E-state index is 0.627. The molecular weight excluding hydrogens is 310 g/mol. The third kappa shape index (κ3) is 1.76. The molecule has 1 aliphatic heterocycles. The Morgan fingerprint density at radius 1 is 1.36 bits per heavy atom. The quantitative estimate of drug-likeness (QED) is 0.833. The molecule has 76 valence electrons. The van der Waals surface area contributed by atoms with Crippen molar-refractivity contribution in [3.05, 3.63) is 32.7 Å². The first-order chi connectivity index (χ1) is 6.63. The van der Waals surface area contributed by atoms with Crippen LogP contribution in [0.2, 0.25) is 0 Å². The van der Waals surface area contributed by atoms with E-state index in [1.165, 1.54) is 0 Å². The van der Waals surface area contributed by atoms with Crippen LogP contribution in [0.5, 0.6) is 0 Å². The zero-order chi connectivity index (χ0) is 10.2. The summed E-state index contributed by atoms with van der Waals surface area (Å²) >= 11 is 6.93. The topological polar surface area (TPSA) is 32.3 Å². The van der Waals surface area contributed by atoms with Gasteiger partial charge in [0.15, 0.2) is 0 Å². The van der Waals surface area contributed by atoms with Crippen LogP contribution >= 0.6 is 31.9 Å². The number of β-amino-alcohol motifs (C(OH)–C–C–N with tert-alkyl or cyclic N) is 1. The molecule has 2 nitrogen and oxygen atoms in total. The molecule has 0 bridgehead atoms. The van der Waals surface area contributed by atoms with Crippen molar-refractivity contribution in [3.63, 3.8) is 0 Å². The van der Waals surface area contributed by atoms with E-state index >= 15 is 0 Å². The van der Waals surface area contributed by atoms with Crippen LogP contribution in [-0.4, -0.2) is 18.2 Å². The molecule has 1 atom stereocenters. The first-order valence-corrected chi connectivity index (χ1v) is 6.10. The smallest absolute Gasteiger partial charge is 0.104 e. The van der Waals surface area contributed by atoms with Gasteiger partial charge >= 0.3 is 0 Å². The number of hydrogen-bond donors (Lipinski definition) is 2. The summed E-state index contributed by atoms with van der Waals surface area (Å²) in [6.07, 6.45) is 0.766. The Morgan fingerprint density at radius 3 is 2.79 bits per heavy atom. The molecule has 0 amide bonds. The Labute approximate surface area is 100.0 Å². The van der Waals surface area contributed by atoms with E-state index in [1.807, 2.05) is 18.2 Å². The number of benzene rings is 1. The average molecular weight is 321 g/mol. The second kappa shape index (κ2) is 3.93. The normalized spacial score (nSPS) is 26.8. The van der Waals surface area contributed by atoms with Crippen LogP contribution in [0.15, 0.2) is 27.1 Å². The van der Waals surface area contributed by atoms with Gasteiger partial charge in [0.1, 0.15) is 5.60 Å². The van der Waals surface area contributed by atoms with Gasteiger partial charge in [-0.15, -0.1) is 0 Å². The molecule has 1 fully saturated rings. The number of hydrogen-bond acceptors (Lipinski definition) is 2. The lowest BCUT2D eigenvalue weighted by Crippen LogP contribution is -2.28. The van der Waals surface area contributed by atoms with Crippen LogP contribution < -0.4 is 5.32 Å². The van der Waals surface area contributed by atoms with Crippen LogP contribution in [-0.2, 0) is 5.60 Å². The third-order valence-electron chi connectivity index (χ3n) is 2.59. The van der Waals surface area contributed by atoms with E-state index in [0.29, 0.717) is 6.54 Å². The maximum atomic E-state index is 10.4. The van der Waals surface area contributed by atoms with Crippen molar-refractivity contribution in [1.82, 2.24) is 5.32 Å². The van der Waals surface area contributed by atoms with Gasteiger partial charge in [-0.25, -0.2) is 0 Å². The fourth-order valence-corrected chi connectivity index (χ4v) is 2.77. The Morgan fingerprint density at radius 2 is 2.14 bits per heavy atom. The van der Waals surface area contributed by atoms with Gasteiger partial charge in [0, 0.05) is 21.1 Å². The minimum Gasteiger partial charge on any atom is -0.384 e. The second-order valence-electron chi connectivity index (χ2n) is 3.56. The zero-order valence-corrected chi connectivity index (χ0v) is 10.7. The van der Waals surface area contributed by atoms with Crippen LogP contribution in [0, 0.1) is 0 Å². The zero-order valence-electron chi connectivity index (χ0n) is 7.56. The fraction of sp³-hybridized carbons (Fsp3) is 0.400. The molecule has 1 heterocycles. The summed E-state index contributed by atoms with van der Waals surface area (Å²) in [6, 6.07) is 5.86. The Balaban J connectivity index is 2.45. The van der Waals surface area contributed by atoms with Crippen molar-refractivity contribution >= 4 is 31.9 Å². The van der Waals surface area contributed by atoms with Gasteiger partial charge in [0.25, 0.3) is 0 Å². The summed E-state index contributed by atoms with van der Waals surface area (Å²) in [5.41, 5.74) is 0.236. The molecule has 2 N–H and O–H groups in total. The number of rotatable bonds is 1. The highest BCUT2D eigenvalue weighted by Crippen LogP contribution is 2.36. The molecule has 0 radical (unpaired) electrons. The molecule has 0 aliphatic carbocycles. The van der Waals surface area contributed by atoms with Gasteiger partial charge < -0.3 is 10.4 Å². The van der Waals surface area contributed by atoms with Crippen molar-refractivity contribution in [3.8, 4) is 0 Å². The maximum Gasteiger partial charge on any atom is 0.104 e. The van der Waals surface area contributed by atoms with Crippen LogP contribution in [0.4, 0.5) is 0 Å². The fourth-order valence-electron chi connectivity index (χ4n) is 1.77. The van der Waals surface area contributed by atoms with E-state index in [2.05, 4.69) is 37.2 Å². The number of aliphatic hydroxyl groups is 1. The minimum atomic E-state index is -0.720. The molecule has 1 saturated heterocycles. The Kier molecular flexibility index (Phi) is 2.98. The van der Waals surface area contributed by atoms with E-state index in [9.17, 15) is 5.11 Å². The van der Waals surface area contributed by atoms with Gasteiger partial charge in [0.05, 0.1) is 0 Å². The first-order valence-electron chi connectivity index (χ1n) is 4.51. The predicted molar refractivity (Wildman–Crippen MR) is 63.2 cm³/mol. The lowest BCUT2D eigenvalue weighted by atomic mass is 9.93. The van der Waals surface area contributed by atoms with Crippen LogP contribution in [0.25, 0.3) is 0 Å². The standard InChI is InChI=1S/C10H11Br2NO/c11-8-3-1-2-7(9(8)12)10(14)4-5-13-6-10/h1-3,13-14H,4-6H2. The predicted octanol–water partition coefficient (Wildman–Crippen LogP) is 2.39. The van der Waals surface area contributed by atoms with Gasteiger partial charge in [0.2, 0.25) is 0 Å². The van der Waals surface area contributed by atoms with E-state index in [0.717, 1.165) is 27.5 Å². The van der Waals surface area contributed by atoms with E-state index in [1.54, 1.807) is 0 Å². The third-order valence-corrected chi connectivity index (χ3v) is 4.63. The monoisotopic (exact) mass is 319 g/mol. The summed E-state index contributed by atoms with van der Waals surface area (Å²) in [7, 11) is 0. The molecule has 14 heavy (non-hydrogen) atoms. The van der Waals surface area contributed by atoms with Crippen molar-refractivity contribution in [2.45, 2.75) is 12.0 Å². The highest BCUT2D eigenvalue weighted by Gasteiger charge is 2.34. The van der Waals surface area contributed by atoms with Gasteiger partial charge in [-0.05, 0) is 50.9 Å². The molecule has 1 unspecified atom stereocenters. The molecule has 1 aromatic rings. The number of nitrogens with one attached hydrogen (secondary N) is 1. The van der Waals surface area contributed by atoms with Gasteiger partial charge in [-0.3, -0.25) is 0 Å². The summed E-state index contributed by atoms with van der Waals surface area (Å²) in [6.45, 7) is 1.50. The lowest BCUT2D eigenvalue weighted by molar-refractivity contribution is 0.0579. The largest absolute Gasteiger partial charge is 0.384 e. The molecule has 0 spiro atoms. The van der Waals surface area contributed by atoms with Gasteiger partial charge in [-0.2, -0.15) is 0 Å². The van der Waals surface area contributed by atoms with E-state index < -0.39 is 5.60 Å². The Bertz CT molecular complexity index is 348. The summed E-state index contributed by atoms with van der Waals surface area (Å²) in [5.74, 6) is 0. The summed E-state index contributed by atoms with van der Waals surface area (Å²) < 4.78 is 1.93. The molecule has 0 aromatic heterocycles. The van der Waals surface area contributed by atoms with Crippen molar-refractivity contribution in [2.24, 2.45) is 0 Å². The molecule has 0 saturated carbocycles. The first kappa shape index (κ1) is 10.6. The summed E-state index contributed by atoms with van der Waals surface area (Å²) in [4.78, 5) is 0. The second-order valence-corrected chi connectivity index (χ2v) is 5.21. The SMILES string of the molecule is OC1(c2cccc(Br)c2Br)CCNC1. The van der Waals surface area contributed by atoms with E-state index in [4.69, 9.17) is 0 Å². The molecule has 1 aromatic carbocycles. The number of halogens is 2.